The topological polar surface area (TPSA) is 24.9 Å². The maximum Gasteiger partial charge on any atom is 0.143 e. The van der Waals surface area contributed by atoms with Gasteiger partial charge in [-0.2, -0.15) is 0 Å². The molecule has 0 fully saturated rings. The molecule has 0 amide bonds. The lowest BCUT2D eigenvalue weighted by Gasteiger charge is -2.17. The van der Waals surface area contributed by atoms with Crippen molar-refractivity contribution in [1.82, 2.24) is 4.98 Å². The molecule has 2 nitrogen and oxygen atoms in total. The van der Waals surface area contributed by atoms with Crippen LogP contribution in [0.3, 0.4) is 0 Å². The van der Waals surface area contributed by atoms with Gasteiger partial charge in [0.25, 0.3) is 0 Å². The Labute approximate surface area is 101 Å². The third-order valence-electron chi connectivity index (χ3n) is 2.74. The molecule has 1 unspecified atom stereocenters. The first-order valence-electron chi connectivity index (χ1n) is 5.59. The number of hydrogen-bond donors (Lipinski definition) is 1. The number of pyridine rings is 1. The highest BCUT2D eigenvalue weighted by molar-refractivity contribution is 5.44. The molecule has 3 heteroatoms. The summed E-state index contributed by atoms with van der Waals surface area (Å²) in [7, 11) is 0. The van der Waals surface area contributed by atoms with Crippen LogP contribution in [0.1, 0.15) is 24.1 Å². The fourth-order valence-corrected chi connectivity index (χ4v) is 1.89. The van der Waals surface area contributed by atoms with Gasteiger partial charge in [0.15, 0.2) is 0 Å². The Kier molecular flexibility index (Phi) is 3.38. The quantitative estimate of drug-likeness (QED) is 0.869. The maximum atomic E-state index is 13.0. The SMILES string of the molecule is Cc1ccccc1C(C)Nc1cncc(F)c1. The Balaban J connectivity index is 2.17. The minimum Gasteiger partial charge on any atom is -0.377 e. The monoisotopic (exact) mass is 230 g/mol. The molecular formula is C14H15FN2. The third kappa shape index (κ3) is 2.81. The molecule has 1 atom stereocenters. The van der Waals surface area contributed by atoms with E-state index in [1.807, 2.05) is 19.1 Å². The number of benzene rings is 1. The van der Waals surface area contributed by atoms with Crippen molar-refractivity contribution >= 4 is 5.69 Å². The predicted molar refractivity (Wildman–Crippen MR) is 67.4 cm³/mol. The van der Waals surface area contributed by atoms with Crippen molar-refractivity contribution in [2.75, 3.05) is 5.32 Å². The Morgan fingerprint density at radius 3 is 2.71 bits per heavy atom. The van der Waals surface area contributed by atoms with Crippen molar-refractivity contribution in [2.24, 2.45) is 0 Å². The van der Waals surface area contributed by atoms with Gasteiger partial charge in [0.2, 0.25) is 0 Å². The van der Waals surface area contributed by atoms with E-state index in [1.165, 1.54) is 23.4 Å². The summed E-state index contributed by atoms with van der Waals surface area (Å²) < 4.78 is 13.0. The highest BCUT2D eigenvalue weighted by Crippen LogP contribution is 2.21. The molecule has 0 saturated heterocycles. The molecule has 0 saturated carbocycles. The predicted octanol–water partition coefficient (Wildman–Crippen LogP) is 3.70. The number of aryl methyl sites for hydroxylation is 1. The van der Waals surface area contributed by atoms with Crippen LogP contribution in [0.4, 0.5) is 10.1 Å². The zero-order valence-electron chi connectivity index (χ0n) is 9.94. The summed E-state index contributed by atoms with van der Waals surface area (Å²) in [6.45, 7) is 4.12. The van der Waals surface area contributed by atoms with Crippen LogP contribution >= 0.6 is 0 Å². The Morgan fingerprint density at radius 2 is 2.00 bits per heavy atom. The first kappa shape index (κ1) is 11.6. The third-order valence-corrected chi connectivity index (χ3v) is 2.74. The van der Waals surface area contributed by atoms with E-state index < -0.39 is 0 Å². The van der Waals surface area contributed by atoms with Gasteiger partial charge in [-0.1, -0.05) is 24.3 Å². The molecule has 1 aromatic carbocycles. The Morgan fingerprint density at radius 1 is 1.24 bits per heavy atom. The van der Waals surface area contributed by atoms with E-state index in [9.17, 15) is 4.39 Å². The second-order valence-electron chi connectivity index (χ2n) is 4.11. The lowest BCUT2D eigenvalue weighted by atomic mass is 10.0. The number of nitrogens with one attached hydrogen (secondary N) is 1. The van der Waals surface area contributed by atoms with Gasteiger partial charge in [-0.05, 0) is 25.0 Å². The van der Waals surface area contributed by atoms with Crippen molar-refractivity contribution in [3.05, 3.63) is 59.7 Å². The molecular weight excluding hydrogens is 215 g/mol. The summed E-state index contributed by atoms with van der Waals surface area (Å²) in [5.41, 5.74) is 3.12. The lowest BCUT2D eigenvalue weighted by molar-refractivity contribution is 0.621. The number of halogens is 1. The molecule has 17 heavy (non-hydrogen) atoms. The van der Waals surface area contributed by atoms with Crippen molar-refractivity contribution in [3.8, 4) is 0 Å². The van der Waals surface area contributed by atoms with Crippen molar-refractivity contribution in [3.63, 3.8) is 0 Å². The van der Waals surface area contributed by atoms with Crippen molar-refractivity contribution in [2.45, 2.75) is 19.9 Å². The van der Waals surface area contributed by atoms with Gasteiger partial charge in [-0.3, -0.25) is 4.98 Å². The molecule has 2 rings (SSSR count). The number of hydrogen-bond acceptors (Lipinski definition) is 2. The fourth-order valence-electron chi connectivity index (χ4n) is 1.89. The van der Waals surface area contributed by atoms with Gasteiger partial charge in [0.05, 0.1) is 18.1 Å². The van der Waals surface area contributed by atoms with Gasteiger partial charge >= 0.3 is 0 Å². The zero-order valence-corrected chi connectivity index (χ0v) is 9.94. The van der Waals surface area contributed by atoms with E-state index in [0.29, 0.717) is 5.69 Å². The summed E-state index contributed by atoms with van der Waals surface area (Å²) >= 11 is 0. The van der Waals surface area contributed by atoms with Gasteiger partial charge in [-0.15, -0.1) is 0 Å². The molecule has 0 aliphatic rings. The number of nitrogens with zero attached hydrogens (tertiary/aromatic N) is 1. The standard InChI is InChI=1S/C14H15FN2/c1-10-5-3-4-6-14(10)11(2)17-13-7-12(15)8-16-9-13/h3-9,11,17H,1-2H3. The van der Waals surface area contributed by atoms with Crippen LogP contribution in [0, 0.1) is 12.7 Å². The van der Waals surface area contributed by atoms with Crippen LogP contribution in [0.15, 0.2) is 42.7 Å². The normalized spacial score (nSPS) is 12.2. The molecule has 0 radical (unpaired) electrons. The maximum absolute atomic E-state index is 13.0. The smallest absolute Gasteiger partial charge is 0.143 e. The van der Waals surface area contributed by atoms with Crippen molar-refractivity contribution < 1.29 is 4.39 Å². The molecule has 1 N–H and O–H groups in total. The molecule has 1 aromatic heterocycles. The molecule has 2 aromatic rings. The van der Waals surface area contributed by atoms with Crippen LogP contribution in [-0.2, 0) is 0 Å². The Bertz CT molecular complexity index is 511. The summed E-state index contributed by atoms with van der Waals surface area (Å²) in [5, 5.41) is 3.24. The van der Waals surface area contributed by atoms with Gasteiger partial charge < -0.3 is 5.32 Å². The van der Waals surface area contributed by atoms with E-state index >= 15 is 0 Å². The van der Waals surface area contributed by atoms with Gasteiger partial charge in [0, 0.05) is 12.1 Å². The van der Waals surface area contributed by atoms with E-state index in [4.69, 9.17) is 0 Å². The highest BCUT2D eigenvalue weighted by atomic mass is 19.1. The highest BCUT2D eigenvalue weighted by Gasteiger charge is 2.07. The largest absolute Gasteiger partial charge is 0.377 e. The average Bonchev–Trinajstić information content (AvgIpc) is 2.29. The minimum atomic E-state index is -0.327. The summed E-state index contributed by atoms with van der Waals surface area (Å²) in [6.07, 6.45) is 2.82. The first-order valence-corrected chi connectivity index (χ1v) is 5.59. The Hall–Kier alpha value is -1.90. The molecule has 1 heterocycles. The van der Waals surface area contributed by atoms with E-state index in [2.05, 4.69) is 29.4 Å². The molecule has 88 valence electrons. The number of anilines is 1. The van der Waals surface area contributed by atoms with Crippen LogP contribution < -0.4 is 5.32 Å². The molecule has 0 aliphatic carbocycles. The molecule has 0 bridgehead atoms. The lowest BCUT2D eigenvalue weighted by Crippen LogP contribution is -2.08. The number of aromatic nitrogens is 1. The van der Waals surface area contributed by atoms with Crippen LogP contribution in [0.2, 0.25) is 0 Å². The number of rotatable bonds is 3. The van der Waals surface area contributed by atoms with Gasteiger partial charge in [0.1, 0.15) is 5.82 Å². The summed E-state index contributed by atoms with van der Waals surface area (Å²) in [5.74, 6) is -0.327. The second kappa shape index (κ2) is 4.95. The first-order chi connectivity index (χ1) is 8.16. The van der Waals surface area contributed by atoms with E-state index in [0.717, 1.165) is 0 Å². The van der Waals surface area contributed by atoms with E-state index in [1.54, 1.807) is 6.20 Å². The van der Waals surface area contributed by atoms with Crippen LogP contribution in [0.5, 0.6) is 0 Å². The van der Waals surface area contributed by atoms with Crippen molar-refractivity contribution in [1.29, 1.82) is 0 Å². The second-order valence-corrected chi connectivity index (χ2v) is 4.11. The molecule has 0 aliphatic heterocycles. The summed E-state index contributed by atoms with van der Waals surface area (Å²) in [4.78, 5) is 3.82. The average molecular weight is 230 g/mol. The van der Waals surface area contributed by atoms with Crippen LogP contribution in [0.25, 0.3) is 0 Å². The van der Waals surface area contributed by atoms with E-state index in [-0.39, 0.29) is 11.9 Å². The minimum absolute atomic E-state index is 0.125. The molecule has 0 spiro atoms. The summed E-state index contributed by atoms with van der Waals surface area (Å²) in [6, 6.07) is 9.72. The van der Waals surface area contributed by atoms with Gasteiger partial charge in [-0.25, -0.2) is 4.39 Å². The fraction of sp³-hybridized carbons (Fsp3) is 0.214. The van der Waals surface area contributed by atoms with Crippen LogP contribution in [-0.4, -0.2) is 4.98 Å². The zero-order chi connectivity index (χ0) is 12.3.